The van der Waals surface area contributed by atoms with Crippen LogP contribution in [0.1, 0.15) is 35.2 Å². The molecule has 0 radical (unpaired) electrons. The van der Waals surface area contributed by atoms with Gasteiger partial charge in [0.25, 0.3) is 5.91 Å². The molecule has 2 amide bonds. The number of aromatic nitrogens is 1. The molecule has 1 fully saturated rings. The van der Waals surface area contributed by atoms with Crippen LogP contribution in [0.4, 0.5) is 13.2 Å². The number of carbonyl (C=O) groups excluding carboxylic acids is 3. The quantitative estimate of drug-likeness (QED) is 0.499. The Bertz CT molecular complexity index is 1130. The third kappa shape index (κ3) is 6.37. The van der Waals surface area contributed by atoms with Crippen molar-refractivity contribution in [2.75, 3.05) is 19.7 Å². The summed E-state index contributed by atoms with van der Waals surface area (Å²) < 4.78 is 46.4. The zero-order valence-electron chi connectivity index (χ0n) is 19.3. The smallest absolute Gasteiger partial charge is 0.305 e. The standard InChI is InChI=1S/C24H24F3N3O6/c1-13-9-16(25)21(27)22(20(13)26)36-12-18(31)17(10-19(32)33)29-23(34)14-4-7-30(8-5-14)24(35)15-3-2-6-28-11-15/h2-3,6,9,11,14,17H,4-5,7-8,10,12H2,1H3,(H,29,34)(H,32,33)/t17-/m0/s1. The Morgan fingerprint density at radius 1 is 1.19 bits per heavy atom. The third-order valence-corrected chi connectivity index (χ3v) is 5.80. The van der Waals surface area contributed by atoms with E-state index >= 15 is 0 Å². The highest BCUT2D eigenvalue weighted by atomic mass is 19.2. The van der Waals surface area contributed by atoms with E-state index in [0.717, 1.165) is 0 Å². The highest BCUT2D eigenvalue weighted by Gasteiger charge is 2.32. The number of amides is 2. The largest absolute Gasteiger partial charge is 0.481 e. The van der Waals surface area contributed by atoms with Crippen LogP contribution >= 0.6 is 0 Å². The first-order valence-electron chi connectivity index (χ1n) is 11.1. The maximum atomic E-state index is 14.1. The van der Waals surface area contributed by atoms with E-state index in [9.17, 15) is 32.3 Å². The van der Waals surface area contributed by atoms with Gasteiger partial charge < -0.3 is 20.1 Å². The minimum absolute atomic E-state index is 0.231. The average molecular weight is 507 g/mol. The van der Waals surface area contributed by atoms with Gasteiger partial charge in [0.05, 0.1) is 12.0 Å². The fourth-order valence-electron chi connectivity index (χ4n) is 3.80. The Morgan fingerprint density at radius 3 is 2.50 bits per heavy atom. The topological polar surface area (TPSA) is 126 Å². The lowest BCUT2D eigenvalue weighted by Gasteiger charge is -2.32. The predicted octanol–water partition coefficient (Wildman–Crippen LogP) is 2.27. The van der Waals surface area contributed by atoms with Crippen molar-refractivity contribution in [3.05, 3.63) is 59.2 Å². The molecule has 0 spiro atoms. The highest BCUT2D eigenvalue weighted by Crippen LogP contribution is 2.27. The van der Waals surface area contributed by atoms with Gasteiger partial charge in [-0.3, -0.25) is 24.2 Å². The molecule has 9 nitrogen and oxygen atoms in total. The second kappa shape index (κ2) is 11.6. The fraction of sp³-hybridized carbons (Fsp3) is 0.375. The zero-order valence-corrected chi connectivity index (χ0v) is 19.3. The van der Waals surface area contributed by atoms with Gasteiger partial charge in [-0.15, -0.1) is 0 Å². The van der Waals surface area contributed by atoms with E-state index in [2.05, 4.69) is 10.3 Å². The summed E-state index contributed by atoms with van der Waals surface area (Å²) in [6, 6.07) is 2.35. The molecule has 1 aliphatic heterocycles. The predicted molar refractivity (Wildman–Crippen MR) is 119 cm³/mol. The molecule has 0 saturated carbocycles. The number of rotatable bonds is 9. The third-order valence-electron chi connectivity index (χ3n) is 5.80. The van der Waals surface area contributed by atoms with Crippen molar-refractivity contribution in [2.24, 2.45) is 5.92 Å². The molecule has 1 aliphatic rings. The van der Waals surface area contributed by atoms with Crippen LogP contribution in [0, 0.1) is 30.3 Å². The molecule has 36 heavy (non-hydrogen) atoms. The van der Waals surface area contributed by atoms with Gasteiger partial charge in [0.1, 0.15) is 12.6 Å². The fourth-order valence-corrected chi connectivity index (χ4v) is 3.80. The van der Waals surface area contributed by atoms with Crippen LogP contribution in [0.2, 0.25) is 0 Å². The first kappa shape index (κ1) is 26.6. The molecule has 0 unspecified atom stereocenters. The van der Waals surface area contributed by atoms with Gasteiger partial charge in [0.15, 0.2) is 23.2 Å². The Labute approximate surface area is 204 Å². The zero-order chi connectivity index (χ0) is 26.4. The summed E-state index contributed by atoms with van der Waals surface area (Å²) in [6.07, 6.45) is 2.75. The number of likely N-dealkylation sites (tertiary alicyclic amines) is 1. The number of aryl methyl sites for hydroxylation is 1. The molecule has 1 atom stereocenters. The molecule has 1 aromatic heterocycles. The maximum absolute atomic E-state index is 14.1. The summed E-state index contributed by atoms with van der Waals surface area (Å²) in [6.45, 7) is 0.719. The SMILES string of the molecule is Cc1cc(F)c(F)c(OCC(=O)[C@H](CC(=O)O)NC(=O)C2CCN(C(=O)c3cccnc3)CC2)c1F. The van der Waals surface area contributed by atoms with E-state index in [-0.39, 0.29) is 37.4 Å². The van der Waals surface area contributed by atoms with Crippen LogP contribution in [0.5, 0.6) is 5.75 Å². The number of ether oxygens (including phenoxy) is 1. The number of carbonyl (C=O) groups is 4. The lowest BCUT2D eigenvalue weighted by Crippen LogP contribution is -2.49. The van der Waals surface area contributed by atoms with Gasteiger partial charge >= 0.3 is 5.97 Å². The van der Waals surface area contributed by atoms with Crippen LogP contribution in [0.15, 0.2) is 30.6 Å². The molecule has 2 N–H and O–H groups in total. The Kier molecular flexibility index (Phi) is 8.62. The Hall–Kier alpha value is -3.96. The second-order valence-electron chi connectivity index (χ2n) is 8.35. The molecule has 12 heteroatoms. The number of pyridine rings is 1. The first-order valence-corrected chi connectivity index (χ1v) is 11.1. The number of nitrogens with one attached hydrogen (secondary N) is 1. The molecule has 0 aliphatic carbocycles. The number of hydrogen-bond donors (Lipinski definition) is 2. The molecule has 1 aromatic carbocycles. The van der Waals surface area contributed by atoms with Crippen LogP contribution in [0.25, 0.3) is 0 Å². The number of ketones is 1. The number of piperidine rings is 1. The lowest BCUT2D eigenvalue weighted by molar-refractivity contribution is -0.141. The van der Waals surface area contributed by atoms with Crippen molar-refractivity contribution in [3.63, 3.8) is 0 Å². The van der Waals surface area contributed by atoms with Crippen LogP contribution in [-0.2, 0) is 14.4 Å². The number of aliphatic carboxylic acids is 1. The van der Waals surface area contributed by atoms with Gasteiger partial charge in [-0.2, -0.15) is 4.39 Å². The van der Waals surface area contributed by atoms with Crippen molar-refractivity contribution in [3.8, 4) is 5.75 Å². The van der Waals surface area contributed by atoms with Crippen LogP contribution in [-0.4, -0.2) is 64.3 Å². The lowest BCUT2D eigenvalue weighted by atomic mass is 9.94. The molecule has 2 aromatic rings. The number of halogens is 3. The summed E-state index contributed by atoms with van der Waals surface area (Å²) in [5.74, 6) is -9.08. The normalized spacial score (nSPS) is 14.7. The monoisotopic (exact) mass is 507 g/mol. The van der Waals surface area contributed by atoms with E-state index < -0.39 is 65.8 Å². The molecular weight excluding hydrogens is 483 g/mol. The molecular formula is C24H24F3N3O6. The van der Waals surface area contributed by atoms with Crippen molar-refractivity contribution >= 4 is 23.6 Å². The second-order valence-corrected chi connectivity index (χ2v) is 8.35. The van der Waals surface area contributed by atoms with Gasteiger partial charge in [-0.05, 0) is 43.5 Å². The van der Waals surface area contributed by atoms with Gasteiger partial charge in [-0.1, -0.05) is 0 Å². The Morgan fingerprint density at radius 2 is 1.89 bits per heavy atom. The summed E-state index contributed by atoms with van der Waals surface area (Å²) in [7, 11) is 0. The maximum Gasteiger partial charge on any atom is 0.305 e. The molecule has 1 saturated heterocycles. The Balaban J connectivity index is 1.59. The summed E-state index contributed by atoms with van der Waals surface area (Å²) in [5, 5.41) is 11.5. The van der Waals surface area contributed by atoms with Crippen molar-refractivity contribution in [2.45, 2.75) is 32.2 Å². The van der Waals surface area contributed by atoms with Crippen molar-refractivity contribution in [1.29, 1.82) is 0 Å². The van der Waals surface area contributed by atoms with E-state index in [1.165, 1.54) is 13.1 Å². The minimum atomic E-state index is -1.63. The molecule has 3 rings (SSSR count). The molecule has 192 valence electrons. The summed E-state index contributed by atoms with van der Waals surface area (Å²) >= 11 is 0. The van der Waals surface area contributed by atoms with Crippen molar-refractivity contribution < 1.29 is 42.2 Å². The number of nitrogens with zero attached hydrogens (tertiary/aromatic N) is 2. The van der Waals surface area contributed by atoms with Crippen LogP contribution < -0.4 is 10.1 Å². The van der Waals surface area contributed by atoms with E-state index in [1.54, 1.807) is 23.2 Å². The van der Waals surface area contributed by atoms with Gasteiger partial charge in [0.2, 0.25) is 11.7 Å². The van der Waals surface area contributed by atoms with Gasteiger partial charge in [-0.25, -0.2) is 8.78 Å². The highest BCUT2D eigenvalue weighted by molar-refractivity contribution is 5.95. The molecule has 2 heterocycles. The van der Waals surface area contributed by atoms with E-state index in [1.807, 2.05) is 0 Å². The number of hydrogen-bond acceptors (Lipinski definition) is 6. The first-order chi connectivity index (χ1) is 17.1. The summed E-state index contributed by atoms with van der Waals surface area (Å²) in [4.78, 5) is 54.5. The van der Waals surface area contributed by atoms with Gasteiger partial charge in [0, 0.05) is 31.4 Å². The van der Waals surface area contributed by atoms with Crippen LogP contribution in [0.3, 0.4) is 0 Å². The summed E-state index contributed by atoms with van der Waals surface area (Å²) in [5.41, 5.74) is 0.161. The number of Topliss-reactive ketones (excluding diaryl/α,β-unsaturated/α-hetero) is 1. The number of benzene rings is 1. The average Bonchev–Trinajstić information content (AvgIpc) is 2.86. The van der Waals surface area contributed by atoms with E-state index in [4.69, 9.17) is 9.84 Å². The number of carboxylic acids is 1. The number of carboxylic acid groups (broad SMARTS) is 1. The van der Waals surface area contributed by atoms with Crippen molar-refractivity contribution in [1.82, 2.24) is 15.2 Å². The van der Waals surface area contributed by atoms with E-state index in [0.29, 0.717) is 11.6 Å². The molecule has 0 bridgehead atoms. The minimum Gasteiger partial charge on any atom is -0.481 e.